The molecule has 0 atom stereocenters. The summed E-state index contributed by atoms with van der Waals surface area (Å²) in [6.45, 7) is 6.97. The van der Waals surface area contributed by atoms with E-state index in [1.807, 2.05) is 17.9 Å². The van der Waals surface area contributed by atoms with E-state index in [1.165, 1.54) is 6.33 Å². The first kappa shape index (κ1) is 15.2. The van der Waals surface area contributed by atoms with Crippen molar-refractivity contribution >= 4 is 17.6 Å². The maximum Gasteiger partial charge on any atom is 0.233 e. The summed E-state index contributed by atoms with van der Waals surface area (Å²) in [5.41, 5.74) is 8.22. The largest absolute Gasteiger partial charge is 0.383 e. The Bertz CT molecular complexity index is 584. The van der Waals surface area contributed by atoms with Crippen LogP contribution in [0.15, 0.2) is 18.6 Å². The van der Waals surface area contributed by atoms with Gasteiger partial charge < -0.3 is 5.73 Å². The highest BCUT2D eigenvalue weighted by atomic mass is 15.3. The zero-order chi connectivity index (χ0) is 15.2. The van der Waals surface area contributed by atoms with Crippen LogP contribution in [0.2, 0.25) is 0 Å². The quantitative estimate of drug-likeness (QED) is 0.878. The lowest BCUT2D eigenvalue weighted by molar-refractivity contribution is 0.827. The predicted octanol–water partition coefficient (Wildman–Crippen LogP) is 2.52. The molecule has 0 aromatic carbocycles. The van der Waals surface area contributed by atoms with Crippen LogP contribution in [0.4, 0.5) is 17.6 Å². The van der Waals surface area contributed by atoms with Crippen LogP contribution >= 0.6 is 0 Å². The first-order valence-electron chi connectivity index (χ1n) is 7.40. The average molecular weight is 286 g/mol. The monoisotopic (exact) mass is 286 g/mol. The highest BCUT2D eigenvalue weighted by Crippen LogP contribution is 2.24. The number of hydrogen-bond donors (Lipinski definition) is 1. The fourth-order valence-corrected chi connectivity index (χ4v) is 2.33. The Labute approximate surface area is 125 Å². The molecule has 0 aliphatic rings. The summed E-state index contributed by atoms with van der Waals surface area (Å²) >= 11 is 0. The molecule has 0 saturated carbocycles. The molecule has 0 saturated heterocycles. The van der Waals surface area contributed by atoms with Crippen LogP contribution < -0.4 is 10.6 Å². The minimum Gasteiger partial charge on any atom is -0.383 e. The van der Waals surface area contributed by atoms with E-state index in [9.17, 15) is 0 Å². The fourth-order valence-electron chi connectivity index (χ4n) is 2.33. The number of anilines is 3. The van der Waals surface area contributed by atoms with Crippen LogP contribution in [-0.2, 0) is 12.8 Å². The maximum atomic E-state index is 6.12. The summed E-state index contributed by atoms with van der Waals surface area (Å²) in [7, 11) is 0. The Morgan fingerprint density at radius 1 is 1.19 bits per heavy atom. The first-order valence-corrected chi connectivity index (χ1v) is 7.40. The third-order valence-electron chi connectivity index (χ3n) is 3.35. The molecule has 2 heterocycles. The predicted molar refractivity (Wildman–Crippen MR) is 84.5 cm³/mol. The van der Waals surface area contributed by atoms with Gasteiger partial charge in [-0.2, -0.15) is 4.98 Å². The number of nitrogen functional groups attached to an aromatic ring is 1. The Hall–Kier alpha value is -2.24. The summed E-state index contributed by atoms with van der Waals surface area (Å²) in [5.74, 6) is 1.95. The number of rotatable bonds is 6. The van der Waals surface area contributed by atoms with Gasteiger partial charge in [-0.25, -0.2) is 15.0 Å². The number of nitrogens with zero attached hydrogens (tertiary/aromatic N) is 5. The Balaban J connectivity index is 2.47. The van der Waals surface area contributed by atoms with Crippen LogP contribution in [-0.4, -0.2) is 26.5 Å². The minimum absolute atomic E-state index is 0.568. The summed E-state index contributed by atoms with van der Waals surface area (Å²) in [6.07, 6.45) is 6.02. The zero-order valence-electron chi connectivity index (χ0n) is 12.9. The lowest BCUT2D eigenvalue weighted by Crippen LogP contribution is -2.22. The molecular weight excluding hydrogens is 264 g/mol. The van der Waals surface area contributed by atoms with Crippen molar-refractivity contribution in [1.29, 1.82) is 0 Å². The molecule has 0 spiro atoms. The molecule has 6 heteroatoms. The molecule has 6 nitrogen and oxygen atoms in total. The van der Waals surface area contributed by atoms with Gasteiger partial charge in [-0.1, -0.05) is 20.3 Å². The molecule has 0 radical (unpaired) electrons. The van der Waals surface area contributed by atoms with E-state index in [0.717, 1.165) is 36.3 Å². The Morgan fingerprint density at radius 2 is 2.00 bits per heavy atom. The van der Waals surface area contributed by atoms with Gasteiger partial charge in [0.05, 0.1) is 5.69 Å². The van der Waals surface area contributed by atoms with Crippen molar-refractivity contribution in [3.63, 3.8) is 0 Å². The Kier molecular flexibility index (Phi) is 5.03. The van der Waals surface area contributed by atoms with Gasteiger partial charge in [0.2, 0.25) is 5.95 Å². The van der Waals surface area contributed by atoms with Gasteiger partial charge in [-0.3, -0.25) is 4.90 Å². The highest BCUT2D eigenvalue weighted by molar-refractivity contribution is 5.56. The summed E-state index contributed by atoms with van der Waals surface area (Å²) in [5, 5.41) is 0. The van der Waals surface area contributed by atoms with Gasteiger partial charge in [-0.05, 0) is 25.8 Å². The maximum absolute atomic E-state index is 6.12. The molecule has 0 bridgehead atoms. The van der Waals surface area contributed by atoms with Gasteiger partial charge >= 0.3 is 0 Å². The molecule has 2 aromatic heterocycles. The smallest absolute Gasteiger partial charge is 0.233 e. The molecule has 0 unspecified atom stereocenters. The van der Waals surface area contributed by atoms with Crippen molar-refractivity contribution in [3.8, 4) is 0 Å². The molecule has 0 aliphatic carbocycles. The van der Waals surface area contributed by atoms with Crippen molar-refractivity contribution in [2.75, 3.05) is 17.2 Å². The normalized spacial score (nSPS) is 10.6. The number of aryl methyl sites for hydroxylation is 1. The lowest BCUT2D eigenvalue weighted by Gasteiger charge is -2.21. The van der Waals surface area contributed by atoms with Crippen LogP contribution in [0, 0.1) is 0 Å². The first-order chi connectivity index (χ1) is 10.2. The number of nitrogens with two attached hydrogens (primary N) is 1. The number of hydrogen-bond acceptors (Lipinski definition) is 6. The Morgan fingerprint density at radius 3 is 2.57 bits per heavy atom. The average Bonchev–Trinajstić information content (AvgIpc) is 2.49. The topological polar surface area (TPSA) is 80.8 Å². The SMILES string of the molecule is CCCc1nc(N(CC)c2ccncn2)nc(N)c1CC. The lowest BCUT2D eigenvalue weighted by atomic mass is 10.1. The van der Waals surface area contributed by atoms with E-state index in [4.69, 9.17) is 10.7 Å². The molecule has 2 aromatic rings. The minimum atomic E-state index is 0.568. The van der Waals surface area contributed by atoms with E-state index < -0.39 is 0 Å². The molecule has 0 amide bonds. The molecule has 112 valence electrons. The van der Waals surface area contributed by atoms with E-state index >= 15 is 0 Å². The molecule has 0 fully saturated rings. The van der Waals surface area contributed by atoms with Gasteiger partial charge in [0.1, 0.15) is 18.0 Å². The van der Waals surface area contributed by atoms with Crippen molar-refractivity contribution in [2.24, 2.45) is 0 Å². The second-order valence-electron chi connectivity index (χ2n) is 4.75. The van der Waals surface area contributed by atoms with E-state index in [2.05, 4.69) is 28.8 Å². The summed E-state index contributed by atoms with van der Waals surface area (Å²) in [4.78, 5) is 19.3. The molecule has 2 N–H and O–H groups in total. The van der Waals surface area contributed by atoms with Gasteiger partial charge in [0.25, 0.3) is 0 Å². The second-order valence-corrected chi connectivity index (χ2v) is 4.75. The molecule has 0 aliphatic heterocycles. The van der Waals surface area contributed by atoms with E-state index in [1.54, 1.807) is 6.20 Å². The van der Waals surface area contributed by atoms with Crippen molar-refractivity contribution < 1.29 is 0 Å². The van der Waals surface area contributed by atoms with Crippen LogP contribution in [0.3, 0.4) is 0 Å². The fraction of sp³-hybridized carbons (Fsp3) is 0.467. The molecule has 21 heavy (non-hydrogen) atoms. The van der Waals surface area contributed by atoms with Gasteiger partial charge in [0, 0.05) is 18.3 Å². The molecular formula is C15H22N6. The van der Waals surface area contributed by atoms with Gasteiger partial charge in [-0.15, -0.1) is 0 Å². The highest BCUT2D eigenvalue weighted by Gasteiger charge is 2.16. The third kappa shape index (κ3) is 3.26. The van der Waals surface area contributed by atoms with E-state index in [0.29, 0.717) is 18.3 Å². The number of aromatic nitrogens is 4. The standard InChI is InChI=1S/C15H22N6/c1-4-7-12-11(5-2)14(16)20-15(19-12)21(6-3)13-8-9-17-10-18-13/h8-10H,4-7H2,1-3H3,(H2,16,19,20). The summed E-state index contributed by atoms with van der Waals surface area (Å²) in [6, 6.07) is 1.84. The van der Waals surface area contributed by atoms with Crippen molar-refractivity contribution in [1.82, 2.24) is 19.9 Å². The van der Waals surface area contributed by atoms with E-state index in [-0.39, 0.29) is 0 Å². The molecule has 2 rings (SSSR count). The van der Waals surface area contributed by atoms with Crippen molar-refractivity contribution in [3.05, 3.63) is 29.8 Å². The van der Waals surface area contributed by atoms with Crippen LogP contribution in [0.1, 0.15) is 38.4 Å². The van der Waals surface area contributed by atoms with Crippen LogP contribution in [0.25, 0.3) is 0 Å². The zero-order valence-corrected chi connectivity index (χ0v) is 12.9. The second kappa shape index (κ2) is 6.97. The summed E-state index contributed by atoms with van der Waals surface area (Å²) < 4.78 is 0. The van der Waals surface area contributed by atoms with Crippen LogP contribution in [0.5, 0.6) is 0 Å². The third-order valence-corrected chi connectivity index (χ3v) is 3.35. The van der Waals surface area contributed by atoms with Crippen molar-refractivity contribution in [2.45, 2.75) is 40.0 Å². The van der Waals surface area contributed by atoms with Gasteiger partial charge in [0.15, 0.2) is 0 Å².